The molecule has 4 fully saturated rings. The van der Waals surface area contributed by atoms with Crippen molar-refractivity contribution in [3.63, 3.8) is 0 Å². The number of phenolic OH excluding ortho intramolecular Hbond substituents is 2. The number of carbonyl (C=O) groups is 7. The predicted molar refractivity (Wildman–Crippen MR) is 491 cm³/mol. The normalized spacial score (nSPS) is 25.5. The first-order chi connectivity index (χ1) is 65.0. The Hall–Kier alpha value is -13.2. The van der Waals surface area contributed by atoms with Gasteiger partial charge < -0.3 is 86.6 Å². The molecule has 4 saturated heterocycles. The van der Waals surface area contributed by atoms with Gasteiger partial charge in [-0.1, -0.05) is 72.8 Å². The average Bonchev–Trinajstić information content (AvgIpc) is 1.54. The number of hydrogen-bond acceptors (Lipinski definition) is 33. The van der Waals surface area contributed by atoms with Crippen LogP contribution in [0, 0.1) is 50.4 Å². The molecular formula is C101H100N8O24S2. The number of benzene rings is 8. The fraction of sp³-hybridized carbons (Fsp3) is 0.396. The van der Waals surface area contributed by atoms with E-state index in [0.29, 0.717) is 134 Å². The molecule has 22 rings (SSSR count). The predicted octanol–water partition coefficient (Wildman–Crippen LogP) is 12.8. The van der Waals surface area contributed by atoms with Crippen LogP contribution in [0.1, 0.15) is 169 Å². The maximum absolute atomic E-state index is 15.3. The van der Waals surface area contributed by atoms with Gasteiger partial charge in [0, 0.05) is 107 Å². The Balaban J connectivity index is 0.000000174. The van der Waals surface area contributed by atoms with Gasteiger partial charge in [-0.05, 0) is 166 Å². The average molecular weight is 1870 g/mol. The molecular weight excluding hydrogens is 1770 g/mol. The monoisotopic (exact) mass is 1870 g/mol. The van der Waals surface area contributed by atoms with Gasteiger partial charge in [-0.15, -0.1) is 23.5 Å². The van der Waals surface area contributed by atoms with Gasteiger partial charge in [0.25, 0.3) is 0 Å². The number of esters is 6. The number of thioether (sulfide) groups is 2. The lowest BCUT2D eigenvalue weighted by atomic mass is 9.71. The number of hydrogen-bond donors (Lipinski definition) is 5. The molecule has 135 heavy (non-hydrogen) atoms. The minimum absolute atomic E-state index is 0.00834. The standard InChI is InChI=1S/C53H54N4O13S.C48H46N4O11S/c1-26-18-31-19-33-34(22-54)56-35-23-65-50(61)53(32-21-36(63-7)37(20-30(32)16-17-55-53)69-38(59)15-14-29-12-10-9-11-13-29)24-71-49(41-40(35)48-47(66-25-67-48)27(2)46(41)68-28(3)58)43(56)42(39(31)44(60)45(26)64-8)57(33)51(62)70-52(4,5)6;1-23-15-28-16-30-31(19-49)52-32-20-59-47(56)48(29-18-33(57-4)34(17-27(29)13-14-50-48)63-35(54)12-11-26-9-7-6-8-10-26)21-64-46(40(52)39(51-30)36(28)41(55)42(23)58-5)38-37(32)45-44(60-22-61-45)24(2)43(38)62-25(3)53/h9-15,18,20-21,33-35,42-43,49,55,60H,16-17,19,23-25H2,1-8H3;6-12,15,17-18,30-32,39-40,46,50-51,55H,13-14,16,20-22H2,1-5H3/b15-14+;12-11+/t33-,34-,35-,42+,43?,49+,53+;30-,31-,32-,39+,40?,46+,48+/m00/s1. The zero-order valence-electron chi connectivity index (χ0n) is 76.4. The summed E-state index contributed by atoms with van der Waals surface area (Å²) >= 11 is 2.78. The van der Waals surface area contributed by atoms with Crippen LogP contribution >= 0.6 is 23.5 Å². The summed E-state index contributed by atoms with van der Waals surface area (Å²) in [6, 6.07) is 26.9. The van der Waals surface area contributed by atoms with E-state index in [1.54, 1.807) is 69.0 Å². The third-order valence-corrected chi connectivity index (χ3v) is 30.4. The van der Waals surface area contributed by atoms with Crippen molar-refractivity contribution in [1.82, 2.24) is 30.7 Å². The van der Waals surface area contributed by atoms with E-state index in [1.165, 1.54) is 78.0 Å². The van der Waals surface area contributed by atoms with Crippen molar-refractivity contribution in [3.05, 3.63) is 209 Å². The minimum atomic E-state index is -1.56. The number of aryl methyl sites for hydroxylation is 2. The molecule has 8 aromatic carbocycles. The number of nitriles is 2. The molecule has 14 atom stereocenters. The summed E-state index contributed by atoms with van der Waals surface area (Å²) in [4.78, 5) is 104. The van der Waals surface area contributed by atoms with E-state index in [0.717, 1.165) is 33.4 Å². The van der Waals surface area contributed by atoms with Crippen molar-refractivity contribution in [1.29, 1.82) is 10.5 Å². The summed E-state index contributed by atoms with van der Waals surface area (Å²) in [6.45, 7) is 15.2. The zero-order chi connectivity index (χ0) is 94.9. The lowest BCUT2D eigenvalue weighted by Crippen LogP contribution is -2.71. The summed E-state index contributed by atoms with van der Waals surface area (Å²) in [5, 5.41) is 56.4. The number of fused-ring (bicyclic) bond motifs is 18. The van der Waals surface area contributed by atoms with Gasteiger partial charge in [-0.3, -0.25) is 34.9 Å². The van der Waals surface area contributed by atoms with Gasteiger partial charge in [0.15, 0.2) is 80.1 Å². The van der Waals surface area contributed by atoms with E-state index in [1.807, 2.05) is 98.5 Å². The van der Waals surface area contributed by atoms with Gasteiger partial charge in [-0.2, -0.15) is 10.5 Å². The number of rotatable bonds is 12. The summed E-state index contributed by atoms with van der Waals surface area (Å²) in [6.07, 6.45) is 6.86. The second-order valence-corrected chi connectivity index (χ2v) is 38.5. The summed E-state index contributed by atoms with van der Waals surface area (Å²) in [7, 11) is 5.90. The maximum Gasteiger partial charge on any atom is 0.411 e. The van der Waals surface area contributed by atoms with E-state index >= 15 is 9.59 Å². The van der Waals surface area contributed by atoms with Crippen LogP contribution in [0.5, 0.6) is 80.5 Å². The van der Waals surface area contributed by atoms with Crippen molar-refractivity contribution in [2.75, 3.05) is 79.8 Å². The number of amides is 1. The first-order valence-electron chi connectivity index (χ1n) is 44.6. The van der Waals surface area contributed by atoms with Crippen LogP contribution in [0.25, 0.3) is 12.2 Å². The molecule has 8 aromatic rings. The van der Waals surface area contributed by atoms with Gasteiger partial charge in [-0.25, -0.2) is 24.0 Å². The van der Waals surface area contributed by atoms with E-state index in [2.05, 4.69) is 33.0 Å². The molecule has 1 amide bonds. The highest BCUT2D eigenvalue weighted by molar-refractivity contribution is 7.99. The Morgan fingerprint density at radius 2 is 0.978 bits per heavy atom. The fourth-order valence-corrected chi connectivity index (χ4v) is 25.5. The molecule has 32 nitrogen and oxygen atoms in total. The minimum Gasteiger partial charge on any atom is -0.504 e. The number of carbonyl (C=O) groups excluding carboxylic acids is 7. The largest absolute Gasteiger partial charge is 0.504 e. The van der Waals surface area contributed by atoms with Crippen LogP contribution in [0.2, 0.25) is 0 Å². The molecule has 14 aliphatic rings. The molecule has 2 unspecified atom stereocenters. The number of aromatic hydroxyl groups is 2. The topological polar surface area (TPSA) is 392 Å². The van der Waals surface area contributed by atoms with Crippen molar-refractivity contribution < 1.29 is 115 Å². The Morgan fingerprint density at radius 1 is 0.526 bits per heavy atom. The summed E-state index contributed by atoms with van der Waals surface area (Å²) < 4.78 is 91.2. The molecule has 14 aliphatic heterocycles. The zero-order valence-corrected chi connectivity index (χ0v) is 78.0. The van der Waals surface area contributed by atoms with Crippen LogP contribution in [0.15, 0.2) is 109 Å². The number of methoxy groups -OCH3 is 4. The van der Waals surface area contributed by atoms with E-state index in [4.69, 9.17) is 71.1 Å². The lowest BCUT2D eigenvalue weighted by Gasteiger charge is -2.62. The van der Waals surface area contributed by atoms with Gasteiger partial charge in [0.05, 0.1) is 87.3 Å². The number of nitrogens with one attached hydrogen (secondary N) is 3. The van der Waals surface area contributed by atoms with E-state index in [-0.39, 0.29) is 96.8 Å². The smallest absolute Gasteiger partial charge is 0.411 e. The van der Waals surface area contributed by atoms with Gasteiger partial charge >= 0.3 is 41.9 Å². The molecule has 14 heterocycles. The second-order valence-electron chi connectivity index (χ2n) is 36.3. The highest BCUT2D eigenvalue weighted by Gasteiger charge is 2.66. The Kier molecular flexibility index (Phi) is 24.0. The third kappa shape index (κ3) is 15.3. The van der Waals surface area contributed by atoms with Crippen LogP contribution in [0.3, 0.4) is 0 Å². The molecule has 8 bridgehead atoms. The van der Waals surface area contributed by atoms with Crippen LogP contribution in [0.4, 0.5) is 4.79 Å². The quantitative estimate of drug-likeness (QED) is 0.0328. The Bertz CT molecular complexity index is 6430. The molecule has 0 aromatic heterocycles. The van der Waals surface area contributed by atoms with Crippen molar-refractivity contribution in [2.24, 2.45) is 0 Å². The number of ether oxygens (including phenoxy) is 15. The molecule has 5 N–H and O–H groups in total. The Morgan fingerprint density at radius 3 is 1.43 bits per heavy atom. The lowest BCUT2D eigenvalue weighted by molar-refractivity contribution is -0.157. The van der Waals surface area contributed by atoms with Crippen molar-refractivity contribution >= 4 is 77.6 Å². The molecule has 700 valence electrons. The highest BCUT2D eigenvalue weighted by Crippen LogP contribution is 2.68. The molecule has 0 radical (unpaired) electrons. The second kappa shape index (κ2) is 35.6. The van der Waals surface area contributed by atoms with Gasteiger partial charge in [0.1, 0.15) is 42.4 Å². The molecule has 34 heteroatoms. The summed E-state index contributed by atoms with van der Waals surface area (Å²) in [5.74, 6) is -0.167. The maximum atomic E-state index is 15.3. The van der Waals surface area contributed by atoms with Crippen molar-refractivity contribution in [2.45, 2.75) is 176 Å². The summed E-state index contributed by atoms with van der Waals surface area (Å²) in [5.41, 5.74) is 7.77. The number of nitrogens with zero attached hydrogens (tertiary/aromatic N) is 5. The van der Waals surface area contributed by atoms with E-state index < -0.39 is 123 Å². The van der Waals surface area contributed by atoms with Crippen LogP contribution < -0.4 is 72.8 Å². The van der Waals surface area contributed by atoms with Crippen molar-refractivity contribution in [3.8, 4) is 92.6 Å². The van der Waals surface area contributed by atoms with E-state index in [9.17, 15) is 44.7 Å². The SMILES string of the molecule is COc1cc2c(cc1OC(=O)/C=C/c1ccccc1)CCN[C@]21CS[C@@H]2c3c(OC(C)=O)c(C)c4c(c3[C@H](COC1=O)N1C2[C@@H]2N[C@@H](Cc3cc(C)c(OC)c(O)c32)[C@@H]1C#N)OCO4.COc1cc2c(cc1OC(=O)/C=C/c1ccccc1)CCN[C@]21CS[C@@H]2c3c(OC(C)=O)c(C)c4c(c3[C@H](COC1=O)N1C2[C@H]2c3c(cc(C)c(OC)c3O)C[C@@H]([C@@H]1C#N)N2C(=O)OC(C)(C)C)OCO4. The third-order valence-electron chi connectivity index (χ3n) is 27.5. The molecule has 0 saturated carbocycles. The van der Waals surface area contributed by atoms with Gasteiger partial charge in [0.2, 0.25) is 13.6 Å². The first-order valence-corrected chi connectivity index (χ1v) is 46.7. The van der Waals surface area contributed by atoms with Crippen LogP contribution in [-0.4, -0.2) is 189 Å². The highest BCUT2D eigenvalue weighted by atomic mass is 32.2. The fourth-order valence-electron chi connectivity index (χ4n) is 22.2. The molecule has 0 aliphatic carbocycles. The molecule has 2 spiro atoms. The van der Waals surface area contributed by atoms with Crippen LogP contribution in [-0.2, 0) is 79.7 Å². The first kappa shape index (κ1) is 91.0. The number of piperazine rings is 2. The number of phenols is 2. The Labute approximate surface area is 786 Å².